The topological polar surface area (TPSA) is 39.2 Å². The van der Waals surface area contributed by atoms with Crippen LogP contribution < -0.4 is 5.73 Å². The monoisotopic (exact) mass is 271 g/mol. The van der Waals surface area contributed by atoms with Crippen LogP contribution in [-0.2, 0) is 0 Å². The Morgan fingerprint density at radius 2 is 1.87 bits per heavy atom. The molecule has 84 valence electrons. The normalized spacial score (nSPS) is 21.2. The minimum Gasteiger partial charge on any atom is -0.453 e. The zero-order valence-corrected chi connectivity index (χ0v) is 10.5. The Morgan fingerprint density at radius 3 is 2.40 bits per heavy atom. The van der Waals surface area contributed by atoms with Gasteiger partial charge in [0.2, 0.25) is 0 Å². The van der Waals surface area contributed by atoms with E-state index >= 15 is 0 Å². The Labute approximate surface area is 99.3 Å². The van der Waals surface area contributed by atoms with Gasteiger partial charge in [-0.25, -0.2) is 0 Å². The van der Waals surface area contributed by atoms with Gasteiger partial charge in [-0.3, -0.25) is 0 Å². The maximum atomic E-state index is 6.24. The quantitative estimate of drug-likeness (QED) is 0.826. The predicted molar refractivity (Wildman–Crippen MR) is 64.5 cm³/mol. The Kier molecular flexibility index (Phi) is 3.87. The summed E-state index contributed by atoms with van der Waals surface area (Å²) in [5.41, 5.74) is 6.24. The summed E-state index contributed by atoms with van der Waals surface area (Å²) in [6.45, 7) is 0. The van der Waals surface area contributed by atoms with Crippen LogP contribution in [0.2, 0.25) is 0 Å². The zero-order valence-electron chi connectivity index (χ0n) is 8.92. The van der Waals surface area contributed by atoms with E-state index in [1.54, 1.807) is 0 Å². The second-order valence-corrected chi connectivity index (χ2v) is 5.20. The van der Waals surface area contributed by atoms with Crippen LogP contribution in [0.1, 0.15) is 50.3 Å². The first-order valence-corrected chi connectivity index (χ1v) is 6.57. The van der Waals surface area contributed by atoms with Gasteiger partial charge in [0.25, 0.3) is 0 Å². The van der Waals surface area contributed by atoms with Crippen LogP contribution in [0.25, 0.3) is 0 Å². The summed E-state index contributed by atoms with van der Waals surface area (Å²) in [4.78, 5) is 0. The summed E-state index contributed by atoms with van der Waals surface area (Å²) in [6, 6.07) is 3.99. The fraction of sp³-hybridized carbons (Fsp3) is 0.667. The molecule has 0 amide bonds. The molecule has 3 heteroatoms. The van der Waals surface area contributed by atoms with Gasteiger partial charge in [0, 0.05) is 0 Å². The first-order valence-electron chi connectivity index (χ1n) is 5.78. The second kappa shape index (κ2) is 5.17. The molecule has 0 saturated heterocycles. The number of furan rings is 1. The highest BCUT2D eigenvalue weighted by molar-refractivity contribution is 9.10. The number of hydrogen-bond acceptors (Lipinski definition) is 2. The summed E-state index contributed by atoms with van der Waals surface area (Å²) in [6.07, 6.45) is 7.87. The van der Waals surface area contributed by atoms with Crippen LogP contribution in [0.15, 0.2) is 21.2 Å². The summed E-state index contributed by atoms with van der Waals surface area (Å²) in [5.74, 6) is 1.53. The van der Waals surface area contributed by atoms with Gasteiger partial charge in [0.1, 0.15) is 5.76 Å². The van der Waals surface area contributed by atoms with Gasteiger partial charge >= 0.3 is 0 Å². The molecule has 1 fully saturated rings. The van der Waals surface area contributed by atoms with Crippen molar-refractivity contribution in [3.63, 3.8) is 0 Å². The van der Waals surface area contributed by atoms with E-state index < -0.39 is 0 Å². The Balaban J connectivity index is 2.02. The number of hydrogen-bond donors (Lipinski definition) is 1. The standard InChI is InChI=1S/C12H18BrNO/c13-11-8-7-10(15-11)12(14)9-5-3-1-2-4-6-9/h7-9,12H,1-6,14H2. The van der Waals surface area contributed by atoms with Crippen LogP contribution in [0.3, 0.4) is 0 Å². The highest BCUT2D eigenvalue weighted by Crippen LogP contribution is 2.33. The molecule has 0 aliphatic heterocycles. The molecule has 1 unspecified atom stereocenters. The van der Waals surface area contributed by atoms with E-state index in [1.165, 1.54) is 38.5 Å². The van der Waals surface area contributed by atoms with E-state index in [4.69, 9.17) is 10.2 Å². The lowest BCUT2D eigenvalue weighted by molar-refractivity contribution is 0.328. The van der Waals surface area contributed by atoms with Gasteiger partial charge in [0.05, 0.1) is 6.04 Å². The third-order valence-electron chi connectivity index (χ3n) is 3.33. The first-order chi connectivity index (χ1) is 7.27. The van der Waals surface area contributed by atoms with Crippen LogP contribution in [0.4, 0.5) is 0 Å². The molecule has 0 radical (unpaired) electrons. The fourth-order valence-electron chi connectivity index (χ4n) is 2.41. The molecule has 1 aliphatic rings. The average molecular weight is 272 g/mol. The molecular formula is C12H18BrNO. The van der Waals surface area contributed by atoms with E-state index in [0.717, 1.165) is 10.4 Å². The SMILES string of the molecule is NC(c1ccc(Br)o1)C1CCCCCC1. The van der Waals surface area contributed by atoms with Gasteiger partial charge in [-0.1, -0.05) is 25.7 Å². The van der Waals surface area contributed by atoms with Crippen molar-refractivity contribution >= 4 is 15.9 Å². The number of halogens is 1. The van der Waals surface area contributed by atoms with Gasteiger partial charge in [-0.15, -0.1) is 0 Å². The summed E-state index contributed by atoms with van der Waals surface area (Å²) >= 11 is 3.32. The lowest BCUT2D eigenvalue weighted by Crippen LogP contribution is -2.20. The molecule has 2 N–H and O–H groups in total. The van der Waals surface area contributed by atoms with Gasteiger partial charge in [-0.05, 0) is 46.8 Å². The molecule has 1 aliphatic carbocycles. The minimum atomic E-state index is 0.0781. The molecule has 1 saturated carbocycles. The van der Waals surface area contributed by atoms with Crippen molar-refractivity contribution in [2.24, 2.45) is 11.7 Å². The minimum absolute atomic E-state index is 0.0781. The fourth-order valence-corrected chi connectivity index (χ4v) is 2.73. The van der Waals surface area contributed by atoms with E-state index in [-0.39, 0.29) is 6.04 Å². The van der Waals surface area contributed by atoms with Crippen LogP contribution in [0.5, 0.6) is 0 Å². The van der Waals surface area contributed by atoms with Crippen molar-refractivity contribution in [2.75, 3.05) is 0 Å². The number of rotatable bonds is 2. The molecule has 0 spiro atoms. The predicted octanol–water partition coefficient (Wildman–Crippen LogP) is 4.01. The molecule has 1 aromatic heterocycles. The average Bonchev–Trinajstić information content (AvgIpc) is 2.53. The van der Waals surface area contributed by atoms with E-state index in [2.05, 4.69) is 15.9 Å². The summed E-state index contributed by atoms with van der Waals surface area (Å²) in [5, 5.41) is 0. The van der Waals surface area contributed by atoms with Crippen molar-refractivity contribution in [2.45, 2.75) is 44.6 Å². The van der Waals surface area contributed by atoms with Gasteiger partial charge < -0.3 is 10.2 Å². The smallest absolute Gasteiger partial charge is 0.169 e. The van der Waals surface area contributed by atoms with E-state index in [1.807, 2.05) is 12.1 Å². The summed E-state index contributed by atoms with van der Waals surface area (Å²) in [7, 11) is 0. The maximum absolute atomic E-state index is 6.24. The molecule has 15 heavy (non-hydrogen) atoms. The molecule has 2 nitrogen and oxygen atoms in total. The van der Waals surface area contributed by atoms with Gasteiger partial charge in [-0.2, -0.15) is 0 Å². The first kappa shape index (κ1) is 11.2. The van der Waals surface area contributed by atoms with Crippen LogP contribution in [-0.4, -0.2) is 0 Å². The third-order valence-corrected chi connectivity index (χ3v) is 3.76. The Bertz CT molecular complexity index is 302. The van der Waals surface area contributed by atoms with Gasteiger partial charge in [0.15, 0.2) is 4.67 Å². The summed E-state index contributed by atoms with van der Waals surface area (Å²) < 4.78 is 6.31. The second-order valence-electron chi connectivity index (χ2n) is 4.42. The third kappa shape index (κ3) is 2.85. The maximum Gasteiger partial charge on any atom is 0.169 e. The van der Waals surface area contributed by atoms with E-state index in [9.17, 15) is 0 Å². The highest BCUT2D eigenvalue weighted by Gasteiger charge is 2.23. The van der Waals surface area contributed by atoms with Crippen molar-refractivity contribution in [1.82, 2.24) is 0 Å². The molecule has 1 atom stereocenters. The largest absolute Gasteiger partial charge is 0.453 e. The lowest BCUT2D eigenvalue weighted by atomic mass is 9.91. The Morgan fingerprint density at radius 1 is 1.20 bits per heavy atom. The molecule has 0 bridgehead atoms. The zero-order chi connectivity index (χ0) is 10.7. The molecule has 2 rings (SSSR count). The Hall–Kier alpha value is -0.280. The van der Waals surface area contributed by atoms with E-state index in [0.29, 0.717) is 5.92 Å². The molecular weight excluding hydrogens is 254 g/mol. The van der Waals surface area contributed by atoms with Crippen molar-refractivity contribution in [1.29, 1.82) is 0 Å². The van der Waals surface area contributed by atoms with Crippen molar-refractivity contribution in [3.8, 4) is 0 Å². The van der Waals surface area contributed by atoms with Crippen molar-refractivity contribution in [3.05, 3.63) is 22.6 Å². The highest BCUT2D eigenvalue weighted by atomic mass is 79.9. The van der Waals surface area contributed by atoms with Crippen LogP contribution >= 0.6 is 15.9 Å². The number of nitrogens with two attached hydrogens (primary N) is 1. The molecule has 0 aromatic carbocycles. The van der Waals surface area contributed by atoms with Crippen molar-refractivity contribution < 1.29 is 4.42 Å². The molecule has 1 heterocycles. The molecule has 1 aromatic rings. The van der Waals surface area contributed by atoms with Crippen LogP contribution in [0, 0.1) is 5.92 Å². The lowest BCUT2D eigenvalue weighted by Gasteiger charge is -2.20.